The molecule has 0 aromatic carbocycles. The second-order valence-electron chi connectivity index (χ2n) is 3.38. The van der Waals surface area contributed by atoms with Crippen molar-refractivity contribution in [2.24, 2.45) is 0 Å². The quantitative estimate of drug-likeness (QED) is 0.548. The van der Waals surface area contributed by atoms with Crippen molar-refractivity contribution in [3.8, 4) is 0 Å². The lowest BCUT2D eigenvalue weighted by Crippen LogP contribution is -2.21. The van der Waals surface area contributed by atoms with Crippen LogP contribution in [0.1, 0.15) is 5.69 Å². The molecule has 1 heterocycles. The molecule has 0 atom stereocenters. The van der Waals surface area contributed by atoms with Gasteiger partial charge in [0.2, 0.25) is 0 Å². The van der Waals surface area contributed by atoms with Gasteiger partial charge in [-0.2, -0.15) is 0 Å². The highest BCUT2D eigenvalue weighted by Gasteiger charge is 2.01. The highest BCUT2D eigenvalue weighted by atomic mass is 35.5. The number of aromatic nitrogens is 1. The highest BCUT2D eigenvalue weighted by Crippen LogP contribution is 2.02. The maximum absolute atomic E-state index is 5.66. The molecule has 0 N–H and O–H groups in total. The van der Waals surface area contributed by atoms with Crippen molar-refractivity contribution >= 4 is 11.6 Å². The van der Waals surface area contributed by atoms with Crippen molar-refractivity contribution in [3.63, 3.8) is 0 Å². The van der Waals surface area contributed by atoms with Gasteiger partial charge < -0.3 is 0 Å². The van der Waals surface area contributed by atoms with E-state index in [1.54, 1.807) is 6.20 Å². The molecule has 0 bridgehead atoms. The fourth-order valence-corrected chi connectivity index (χ4v) is 1.33. The monoisotopic (exact) mass is 210 g/mol. The zero-order valence-corrected chi connectivity index (χ0v) is 9.17. The van der Waals surface area contributed by atoms with Gasteiger partial charge in [-0.05, 0) is 24.8 Å². The molecule has 1 rings (SSSR count). The van der Waals surface area contributed by atoms with Crippen molar-refractivity contribution in [2.45, 2.75) is 6.54 Å². The van der Waals surface area contributed by atoms with Crippen LogP contribution < -0.4 is 0 Å². The van der Waals surface area contributed by atoms with Crippen LogP contribution in [-0.4, -0.2) is 29.4 Å². The minimum absolute atomic E-state index is 0.520. The SMILES string of the molecule is C=C(CCl)CN(C)Cc1ccccn1. The predicted octanol–water partition coefficient (Wildman–Crippen LogP) is 2.31. The third-order valence-corrected chi connectivity index (χ3v) is 2.22. The average molecular weight is 211 g/mol. The summed E-state index contributed by atoms with van der Waals surface area (Å²) < 4.78 is 0. The lowest BCUT2D eigenvalue weighted by Gasteiger charge is -2.16. The summed E-state index contributed by atoms with van der Waals surface area (Å²) in [6.45, 7) is 5.51. The van der Waals surface area contributed by atoms with Gasteiger partial charge in [0.1, 0.15) is 0 Å². The summed E-state index contributed by atoms with van der Waals surface area (Å²) in [5.74, 6) is 0.520. The number of rotatable bonds is 5. The first-order valence-electron chi connectivity index (χ1n) is 4.53. The minimum Gasteiger partial charge on any atom is -0.297 e. The molecule has 0 radical (unpaired) electrons. The molecule has 76 valence electrons. The van der Waals surface area contributed by atoms with Crippen LogP contribution in [0.3, 0.4) is 0 Å². The molecule has 14 heavy (non-hydrogen) atoms. The number of nitrogens with zero attached hydrogens (tertiary/aromatic N) is 2. The fourth-order valence-electron chi connectivity index (χ4n) is 1.25. The Morgan fingerprint density at radius 3 is 2.93 bits per heavy atom. The Bertz CT molecular complexity index is 285. The van der Waals surface area contributed by atoms with Gasteiger partial charge in [0, 0.05) is 25.2 Å². The van der Waals surface area contributed by atoms with E-state index in [0.717, 1.165) is 24.4 Å². The Kier molecular flexibility index (Phi) is 4.63. The molecule has 1 aromatic rings. The number of likely N-dealkylation sites (N-methyl/N-ethyl adjacent to an activating group) is 1. The summed E-state index contributed by atoms with van der Waals surface area (Å²) in [4.78, 5) is 6.39. The summed E-state index contributed by atoms with van der Waals surface area (Å²) in [6.07, 6.45) is 1.81. The fraction of sp³-hybridized carbons (Fsp3) is 0.364. The first-order valence-corrected chi connectivity index (χ1v) is 5.07. The highest BCUT2D eigenvalue weighted by molar-refractivity contribution is 6.19. The summed E-state index contributed by atoms with van der Waals surface area (Å²) in [5, 5.41) is 0. The lowest BCUT2D eigenvalue weighted by molar-refractivity contribution is 0.351. The van der Waals surface area contributed by atoms with E-state index < -0.39 is 0 Å². The van der Waals surface area contributed by atoms with Gasteiger partial charge >= 0.3 is 0 Å². The van der Waals surface area contributed by atoms with Crippen LogP contribution in [0.15, 0.2) is 36.5 Å². The van der Waals surface area contributed by atoms with Crippen LogP contribution >= 0.6 is 11.6 Å². The number of pyridine rings is 1. The van der Waals surface area contributed by atoms with Crippen molar-refractivity contribution in [1.82, 2.24) is 9.88 Å². The summed E-state index contributed by atoms with van der Waals surface area (Å²) in [5.41, 5.74) is 2.10. The lowest BCUT2D eigenvalue weighted by atomic mass is 10.3. The third-order valence-electron chi connectivity index (χ3n) is 1.84. The van der Waals surface area contributed by atoms with Gasteiger partial charge in [0.15, 0.2) is 0 Å². The molecule has 0 unspecified atom stereocenters. The van der Waals surface area contributed by atoms with Crippen LogP contribution in [0.5, 0.6) is 0 Å². The standard InChI is InChI=1S/C11H15ClN2/c1-10(7-12)8-14(2)9-11-5-3-4-6-13-11/h3-6H,1,7-9H2,2H3. The summed E-state index contributed by atoms with van der Waals surface area (Å²) >= 11 is 5.66. The van der Waals surface area contributed by atoms with Crippen LogP contribution in [0, 0.1) is 0 Å². The molecule has 0 aliphatic heterocycles. The molecule has 0 saturated heterocycles. The average Bonchev–Trinajstić information content (AvgIpc) is 2.19. The maximum Gasteiger partial charge on any atom is 0.0543 e. The van der Waals surface area contributed by atoms with Gasteiger partial charge in [-0.15, -0.1) is 11.6 Å². The van der Waals surface area contributed by atoms with Crippen LogP contribution in [0.2, 0.25) is 0 Å². The first-order chi connectivity index (χ1) is 6.72. The van der Waals surface area contributed by atoms with Crippen LogP contribution in [0.25, 0.3) is 0 Å². The Morgan fingerprint density at radius 1 is 1.57 bits per heavy atom. The Hall–Kier alpha value is -0.860. The van der Waals surface area contributed by atoms with Gasteiger partial charge in [0.25, 0.3) is 0 Å². The van der Waals surface area contributed by atoms with Gasteiger partial charge in [-0.3, -0.25) is 9.88 Å². The van der Waals surface area contributed by atoms with Crippen molar-refractivity contribution in [1.29, 1.82) is 0 Å². The van der Waals surface area contributed by atoms with E-state index in [0.29, 0.717) is 5.88 Å². The Balaban J connectivity index is 2.41. The zero-order chi connectivity index (χ0) is 10.4. The molecule has 3 heteroatoms. The minimum atomic E-state index is 0.520. The van der Waals surface area contributed by atoms with Crippen molar-refractivity contribution < 1.29 is 0 Å². The van der Waals surface area contributed by atoms with Crippen molar-refractivity contribution in [3.05, 3.63) is 42.2 Å². The van der Waals surface area contributed by atoms with E-state index in [4.69, 9.17) is 11.6 Å². The topological polar surface area (TPSA) is 16.1 Å². The molecular weight excluding hydrogens is 196 g/mol. The molecule has 0 aliphatic carbocycles. The Labute approximate surface area is 90.2 Å². The summed E-state index contributed by atoms with van der Waals surface area (Å²) in [7, 11) is 2.03. The second kappa shape index (κ2) is 5.78. The zero-order valence-electron chi connectivity index (χ0n) is 8.41. The predicted molar refractivity (Wildman–Crippen MR) is 60.4 cm³/mol. The molecule has 2 nitrogen and oxygen atoms in total. The van der Waals surface area contributed by atoms with Crippen molar-refractivity contribution in [2.75, 3.05) is 19.5 Å². The molecule has 0 aliphatic rings. The molecule has 1 aromatic heterocycles. The third kappa shape index (κ3) is 3.90. The van der Waals surface area contributed by atoms with E-state index in [2.05, 4.69) is 16.5 Å². The molecule has 0 spiro atoms. The molecule has 0 fully saturated rings. The number of halogens is 1. The second-order valence-corrected chi connectivity index (χ2v) is 3.64. The molecular formula is C11H15ClN2. The number of alkyl halides is 1. The van der Waals surface area contributed by atoms with E-state index in [1.165, 1.54) is 0 Å². The molecule has 0 saturated carbocycles. The van der Waals surface area contributed by atoms with Gasteiger partial charge in [-0.25, -0.2) is 0 Å². The van der Waals surface area contributed by atoms with E-state index >= 15 is 0 Å². The first kappa shape index (κ1) is 11.2. The molecule has 0 amide bonds. The summed E-state index contributed by atoms with van der Waals surface area (Å²) in [6, 6.07) is 5.92. The number of hydrogen-bond acceptors (Lipinski definition) is 2. The van der Waals surface area contributed by atoms with E-state index in [9.17, 15) is 0 Å². The largest absolute Gasteiger partial charge is 0.297 e. The Morgan fingerprint density at radius 2 is 2.36 bits per heavy atom. The van der Waals surface area contributed by atoms with Crippen LogP contribution in [-0.2, 0) is 6.54 Å². The van der Waals surface area contributed by atoms with E-state index in [-0.39, 0.29) is 0 Å². The van der Waals surface area contributed by atoms with E-state index in [1.807, 2.05) is 25.2 Å². The number of hydrogen-bond donors (Lipinski definition) is 0. The van der Waals surface area contributed by atoms with Gasteiger partial charge in [-0.1, -0.05) is 12.6 Å². The smallest absolute Gasteiger partial charge is 0.0543 e. The maximum atomic E-state index is 5.66. The normalized spacial score (nSPS) is 10.5. The van der Waals surface area contributed by atoms with Crippen LogP contribution in [0.4, 0.5) is 0 Å². The van der Waals surface area contributed by atoms with Gasteiger partial charge in [0.05, 0.1) is 5.69 Å².